The van der Waals surface area contributed by atoms with Crippen molar-refractivity contribution in [1.82, 2.24) is 9.97 Å². The zero-order valence-corrected chi connectivity index (χ0v) is 13.4. The predicted molar refractivity (Wildman–Crippen MR) is 82.4 cm³/mol. The van der Waals surface area contributed by atoms with Gasteiger partial charge in [-0.15, -0.1) is 0 Å². The van der Waals surface area contributed by atoms with Crippen LogP contribution in [0.25, 0.3) is 11.0 Å². The fourth-order valence-electron chi connectivity index (χ4n) is 2.50. The highest BCUT2D eigenvalue weighted by Gasteiger charge is 2.35. The van der Waals surface area contributed by atoms with Gasteiger partial charge >= 0.3 is 5.97 Å². The number of carbonyl (C=O) groups excluding carboxylic acids is 1. The molecule has 0 spiro atoms. The van der Waals surface area contributed by atoms with Gasteiger partial charge in [0.05, 0.1) is 28.5 Å². The summed E-state index contributed by atoms with van der Waals surface area (Å²) < 4.78 is 28.2. The van der Waals surface area contributed by atoms with Crippen LogP contribution in [0, 0.1) is 5.92 Å². The molecular weight excluding hydrogens is 328 g/mol. The van der Waals surface area contributed by atoms with E-state index in [-0.39, 0.29) is 11.5 Å². The van der Waals surface area contributed by atoms with E-state index in [2.05, 4.69) is 9.97 Å². The lowest BCUT2D eigenvalue weighted by molar-refractivity contribution is -0.153. The van der Waals surface area contributed by atoms with E-state index in [1.165, 1.54) is 0 Å². The summed E-state index contributed by atoms with van der Waals surface area (Å²) in [6.07, 6.45) is -0.258. The first-order chi connectivity index (χ1) is 10.3. The third-order valence-electron chi connectivity index (χ3n) is 3.71. The van der Waals surface area contributed by atoms with Crippen LogP contribution in [0.4, 0.5) is 0 Å². The molecule has 1 aliphatic heterocycles. The summed E-state index contributed by atoms with van der Waals surface area (Å²) in [6, 6.07) is 5.25. The maximum Gasteiger partial charge on any atom is 0.310 e. The standard InChI is InChI=1S/C14H15ClN2O4S/c1-8(21-14(18)9-4-5-22(19,20)7-9)13-16-11-3-2-10(15)6-12(11)17-13/h2-3,6,8-9H,4-5,7H2,1H3,(H,16,17)/t8-,9-/m0/s1. The SMILES string of the molecule is C[C@H](OC(=O)[C@H]1CCS(=O)(=O)C1)c1nc2ccc(Cl)cc2[nH]1. The monoisotopic (exact) mass is 342 g/mol. The molecule has 2 atom stereocenters. The van der Waals surface area contributed by atoms with Crippen LogP contribution in [-0.2, 0) is 19.4 Å². The van der Waals surface area contributed by atoms with Gasteiger partial charge in [-0.05, 0) is 31.5 Å². The molecule has 2 heterocycles. The Bertz CT molecular complexity index is 830. The molecule has 0 aliphatic carbocycles. The van der Waals surface area contributed by atoms with Crippen LogP contribution < -0.4 is 0 Å². The van der Waals surface area contributed by atoms with Crippen LogP contribution in [0.2, 0.25) is 5.02 Å². The fraction of sp³-hybridized carbons (Fsp3) is 0.429. The molecule has 0 saturated carbocycles. The van der Waals surface area contributed by atoms with Crippen molar-refractivity contribution in [2.45, 2.75) is 19.4 Å². The lowest BCUT2D eigenvalue weighted by Gasteiger charge is -2.13. The number of hydrogen-bond donors (Lipinski definition) is 1. The molecule has 8 heteroatoms. The highest BCUT2D eigenvalue weighted by Crippen LogP contribution is 2.25. The van der Waals surface area contributed by atoms with Gasteiger partial charge in [0, 0.05) is 5.02 Å². The normalized spacial score (nSPS) is 21.8. The Morgan fingerprint density at radius 1 is 1.50 bits per heavy atom. The number of esters is 1. The molecule has 1 fully saturated rings. The highest BCUT2D eigenvalue weighted by atomic mass is 35.5. The minimum Gasteiger partial charge on any atom is -0.454 e. The summed E-state index contributed by atoms with van der Waals surface area (Å²) in [5.41, 5.74) is 1.49. The average molecular weight is 343 g/mol. The van der Waals surface area contributed by atoms with Crippen molar-refractivity contribution in [3.05, 3.63) is 29.0 Å². The Kier molecular flexibility index (Phi) is 3.86. The van der Waals surface area contributed by atoms with Gasteiger partial charge in [0.2, 0.25) is 0 Å². The number of ether oxygens (including phenoxy) is 1. The number of rotatable bonds is 3. The number of fused-ring (bicyclic) bond motifs is 1. The molecule has 118 valence electrons. The largest absolute Gasteiger partial charge is 0.454 e. The third-order valence-corrected chi connectivity index (χ3v) is 5.71. The summed E-state index contributed by atoms with van der Waals surface area (Å²) in [5.74, 6) is -0.650. The number of sulfone groups is 1. The Hall–Kier alpha value is -1.60. The molecule has 1 aliphatic rings. The molecule has 6 nitrogen and oxygen atoms in total. The number of aromatic amines is 1. The second kappa shape index (κ2) is 5.55. The Labute approximate surface area is 132 Å². The van der Waals surface area contributed by atoms with Crippen molar-refractivity contribution < 1.29 is 17.9 Å². The first-order valence-electron chi connectivity index (χ1n) is 6.90. The Morgan fingerprint density at radius 2 is 2.27 bits per heavy atom. The molecule has 0 bridgehead atoms. The second-order valence-corrected chi connectivity index (χ2v) is 8.13. The summed E-state index contributed by atoms with van der Waals surface area (Å²) in [6.45, 7) is 1.70. The van der Waals surface area contributed by atoms with Gasteiger partial charge in [-0.1, -0.05) is 11.6 Å². The molecule has 0 unspecified atom stereocenters. The van der Waals surface area contributed by atoms with Gasteiger partial charge in [0.25, 0.3) is 0 Å². The van der Waals surface area contributed by atoms with Crippen molar-refractivity contribution >= 4 is 38.4 Å². The van der Waals surface area contributed by atoms with Crippen molar-refractivity contribution in [3.63, 3.8) is 0 Å². The lowest BCUT2D eigenvalue weighted by atomic mass is 10.1. The van der Waals surface area contributed by atoms with Crippen LogP contribution in [0.5, 0.6) is 0 Å². The minimum absolute atomic E-state index is 0.0459. The number of H-pyrrole nitrogens is 1. The number of benzene rings is 1. The third kappa shape index (κ3) is 3.10. The molecule has 0 radical (unpaired) electrons. The Balaban J connectivity index is 1.73. The molecular formula is C14H15ClN2O4S. The summed E-state index contributed by atoms with van der Waals surface area (Å²) >= 11 is 5.91. The number of imidazole rings is 1. The molecule has 1 saturated heterocycles. The summed E-state index contributed by atoms with van der Waals surface area (Å²) in [5, 5.41) is 0.587. The van der Waals surface area contributed by atoms with Crippen molar-refractivity contribution in [2.75, 3.05) is 11.5 Å². The van der Waals surface area contributed by atoms with Gasteiger partial charge < -0.3 is 9.72 Å². The smallest absolute Gasteiger partial charge is 0.310 e. The summed E-state index contributed by atoms with van der Waals surface area (Å²) in [7, 11) is -3.11. The topological polar surface area (TPSA) is 89.1 Å². The van der Waals surface area contributed by atoms with E-state index < -0.39 is 27.8 Å². The van der Waals surface area contributed by atoms with Crippen LogP contribution >= 0.6 is 11.6 Å². The molecule has 3 rings (SSSR count). The molecule has 2 aromatic rings. The lowest BCUT2D eigenvalue weighted by Crippen LogP contribution is -2.20. The molecule has 22 heavy (non-hydrogen) atoms. The van der Waals surface area contributed by atoms with E-state index in [1.54, 1.807) is 25.1 Å². The number of hydrogen-bond acceptors (Lipinski definition) is 5. The van der Waals surface area contributed by atoms with Gasteiger partial charge in [0.1, 0.15) is 5.82 Å². The van der Waals surface area contributed by atoms with Gasteiger partial charge in [-0.25, -0.2) is 13.4 Å². The number of carbonyl (C=O) groups is 1. The number of aromatic nitrogens is 2. The van der Waals surface area contributed by atoms with E-state index in [4.69, 9.17) is 16.3 Å². The predicted octanol–water partition coefficient (Wildman–Crippen LogP) is 2.26. The number of nitrogens with zero attached hydrogens (tertiary/aromatic N) is 1. The molecule has 1 N–H and O–H groups in total. The van der Waals surface area contributed by atoms with Crippen LogP contribution in [0.15, 0.2) is 18.2 Å². The maximum atomic E-state index is 12.0. The number of halogens is 1. The van der Waals surface area contributed by atoms with Crippen LogP contribution in [0.3, 0.4) is 0 Å². The van der Waals surface area contributed by atoms with Crippen LogP contribution in [-0.4, -0.2) is 35.9 Å². The van der Waals surface area contributed by atoms with Gasteiger partial charge in [-0.3, -0.25) is 4.79 Å². The maximum absolute atomic E-state index is 12.0. The van der Waals surface area contributed by atoms with E-state index in [0.29, 0.717) is 17.3 Å². The highest BCUT2D eigenvalue weighted by molar-refractivity contribution is 7.91. The first kappa shape index (κ1) is 15.3. The average Bonchev–Trinajstić information content (AvgIpc) is 3.01. The molecule has 1 aromatic carbocycles. The van der Waals surface area contributed by atoms with Gasteiger partial charge in [-0.2, -0.15) is 0 Å². The van der Waals surface area contributed by atoms with Crippen LogP contribution in [0.1, 0.15) is 25.3 Å². The summed E-state index contributed by atoms with van der Waals surface area (Å²) in [4.78, 5) is 19.4. The van der Waals surface area contributed by atoms with Crippen molar-refractivity contribution in [2.24, 2.45) is 5.92 Å². The molecule has 0 amide bonds. The second-order valence-electron chi connectivity index (χ2n) is 5.46. The molecule has 1 aromatic heterocycles. The zero-order valence-electron chi connectivity index (χ0n) is 11.9. The minimum atomic E-state index is -3.11. The van der Waals surface area contributed by atoms with E-state index >= 15 is 0 Å². The van der Waals surface area contributed by atoms with E-state index in [1.807, 2.05) is 0 Å². The quantitative estimate of drug-likeness (QED) is 0.864. The Morgan fingerprint density at radius 3 is 2.95 bits per heavy atom. The van der Waals surface area contributed by atoms with Crippen molar-refractivity contribution in [1.29, 1.82) is 0 Å². The van der Waals surface area contributed by atoms with Crippen molar-refractivity contribution in [3.8, 4) is 0 Å². The van der Waals surface area contributed by atoms with Gasteiger partial charge in [0.15, 0.2) is 15.9 Å². The first-order valence-corrected chi connectivity index (χ1v) is 9.10. The zero-order chi connectivity index (χ0) is 15.9. The fourth-order valence-corrected chi connectivity index (χ4v) is 4.40. The van der Waals surface area contributed by atoms with E-state index in [0.717, 1.165) is 11.0 Å². The number of nitrogens with one attached hydrogen (secondary N) is 1. The van der Waals surface area contributed by atoms with E-state index in [9.17, 15) is 13.2 Å².